The minimum absolute atomic E-state index is 0.0882. The molecule has 0 saturated carbocycles. The van der Waals surface area contributed by atoms with E-state index >= 15 is 0 Å². The molecule has 1 aliphatic rings. The second-order valence-corrected chi connectivity index (χ2v) is 3.75. The van der Waals surface area contributed by atoms with Gasteiger partial charge in [0.25, 0.3) is 5.91 Å². The second-order valence-electron chi connectivity index (χ2n) is 3.75. The van der Waals surface area contributed by atoms with E-state index in [2.05, 4.69) is 0 Å². The van der Waals surface area contributed by atoms with Gasteiger partial charge in [-0.05, 0) is 18.8 Å². The van der Waals surface area contributed by atoms with Crippen molar-refractivity contribution in [2.24, 2.45) is 11.7 Å². The molecule has 1 heterocycles. The molecular formula is C9H18N2O2. The second kappa shape index (κ2) is 4.58. The number of carbonyl (C=O) groups excluding carboxylic acids is 1. The van der Waals surface area contributed by atoms with E-state index in [1.54, 1.807) is 0 Å². The molecule has 1 aliphatic heterocycles. The van der Waals surface area contributed by atoms with Gasteiger partial charge in [-0.25, -0.2) is 5.06 Å². The van der Waals surface area contributed by atoms with Gasteiger partial charge in [-0.1, -0.05) is 13.8 Å². The smallest absolute Gasteiger partial charge is 0.263 e. The summed E-state index contributed by atoms with van der Waals surface area (Å²) in [5.41, 5.74) is 5.72. The SMILES string of the molecule is CC(C)C(N)C(=O)N1CCCCO1. The van der Waals surface area contributed by atoms with E-state index in [0.29, 0.717) is 13.2 Å². The fourth-order valence-corrected chi connectivity index (χ4v) is 1.22. The molecule has 1 amide bonds. The minimum Gasteiger partial charge on any atom is -0.320 e. The van der Waals surface area contributed by atoms with E-state index in [-0.39, 0.29) is 11.8 Å². The molecule has 0 spiro atoms. The zero-order valence-corrected chi connectivity index (χ0v) is 8.32. The normalized spacial score (nSPS) is 20.5. The van der Waals surface area contributed by atoms with Gasteiger partial charge in [-0.2, -0.15) is 0 Å². The predicted molar refractivity (Wildman–Crippen MR) is 49.7 cm³/mol. The van der Waals surface area contributed by atoms with Crippen molar-refractivity contribution < 1.29 is 9.63 Å². The summed E-state index contributed by atoms with van der Waals surface area (Å²) < 4.78 is 0. The van der Waals surface area contributed by atoms with Gasteiger partial charge in [0, 0.05) is 6.54 Å². The highest BCUT2D eigenvalue weighted by Gasteiger charge is 2.25. The third-order valence-corrected chi connectivity index (χ3v) is 2.25. The van der Waals surface area contributed by atoms with Crippen molar-refractivity contribution in [1.29, 1.82) is 0 Å². The summed E-state index contributed by atoms with van der Waals surface area (Å²) in [6.07, 6.45) is 2.04. The van der Waals surface area contributed by atoms with Crippen LogP contribution in [-0.4, -0.2) is 30.2 Å². The predicted octanol–water partition coefficient (Wildman–Crippen LogP) is 0.524. The third-order valence-electron chi connectivity index (χ3n) is 2.25. The van der Waals surface area contributed by atoms with Gasteiger partial charge in [0.2, 0.25) is 0 Å². The zero-order valence-electron chi connectivity index (χ0n) is 8.32. The number of carbonyl (C=O) groups is 1. The van der Waals surface area contributed by atoms with Crippen LogP contribution < -0.4 is 5.73 Å². The molecule has 4 nitrogen and oxygen atoms in total. The molecule has 0 aromatic heterocycles. The van der Waals surface area contributed by atoms with Gasteiger partial charge in [-0.15, -0.1) is 0 Å². The largest absolute Gasteiger partial charge is 0.320 e. The van der Waals surface area contributed by atoms with E-state index in [1.165, 1.54) is 5.06 Å². The van der Waals surface area contributed by atoms with Gasteiger partial charge >= 0.3 is 0 Å². The van der Waals surface area contributed by atoms with Crippen LogP contribution >= 0.6 is 0 Å². The summed E-state index contributed by atoms with van der Waals surface area (Å²) in [5, 5.41) is 1.41. The lowest BCUT2D eigenvalue weighted by Gasteiger charge is -2.29. The molecular weight excluding hydrogens is 168 g/mol. The number of amides is 1. The number of rotatable bonds is 2. The van der Waals surface area contributed by atoms with Crippen molar-refractivity contribution in [2.75, 3.05) is 13.2 Å². The van der Waals surface area contributed by atoms with Crippen LogP contribution in [0.4, 0.5) is 0 Å². The Hall–Kier alpha value is -0.610. The quantitative estimate of drug-likeness (QED) is 0.684. The van der Waals surface area contributed by atoms with Crippen molar-refractivity contribution in [3.8, 4) is 0 Å². The first-order chi connectivity index (χ1) is 6.13. The number of nitrogens with zero attached hydrogens (tertiary/aromatic N) is 1. The van der Waals surface area contributed by atoms with E-state index in [9.17, 15) is 4.79 Å². The average molecular weight is 186 g/mol. The summed E-state index contributed by atoms with van der Waals surface area (Å²) in [6, 6.07) is -0.432. The van der Waals surface area contributed by atoms with Gasteiger partial charge in [-0.3, -0.25) is 9.63 Å². The maximum absolute atomic E-state index is 11.6. The Labute approximate surface area is 79.0 Å². The summed E-state index contributed by atoms with van der Waals surface area (Å²) >= 11 is 0. The Morgan fingerprint density at radius 3 is 2.62 bits per heavy atom. The molecule has 0 bridgehead atoms. The summed E-state index contributed by atoms with van der Waals surface area (Å²) in [7, 11) is 0. The molecule has 0 aromatic carbocycles. The van der Waals surface area contributed by atoms with Crippen LogP contribution in [-0.2, 0) is 9.63 Å². The molecule has 1 unspecified atom stereocenters. The summed E-state index contributed by atoms with van der Waals surface area (Å²) in [6.45, 7) is 5.19. The summed E-state index contributed by atoms with van der Waals surface area (Å²) in [5.74, 6) is 0.0766. The lowest BCUT2D eigenvalue weighted by molar-refractivity contribution is -0.199. The van der Waals surface area contributed by atoms with Crippen LogP contribution in [0.25, 0.3) is 0 Å². The molecule has 1 saturated heterocycles. The highest BCUT2D eigenvalue weighted by molar-refractivity contribution is 5.80. The monoisotopic (exact) mass is 186 g/mol. The molecule has 0 aliphatic carbocycles. The van der Waals surface area contributed by atoms with Gasteiger partial charge in [0.05, 0.1) is 12.6 Å². The van der Waals surface area contributed by atoms with E-state index < -0.39 is 6.04 Å². The fraction of sp³-hybridized carbons (Fsp3) is 0.889. The third kappa shape index (κ3) is 2.67. The van der Waals surface area contributed by atoms with Crippen molar-refractivity contribution in [2.45, 2.75) is 32.7 Å². The number of hydrogen-bond donors (Lipinski definition) is 1. The van der Waals surface area contributed by atoms with Crippen molar-refractivity contribution in [3.05, 3.63) is 0 Å². The van der Waals surface area contributed by atoms with Crippen molar-refractivity contribution in [1.82, 2.24) is 5.06 Å². The zero-order chi connectivity index (χ0) is 9.84. The van der Waals surface area contributed by atoms with Crippen LogP contribution in [0.1, 0.15) is 26.7 Å². The number of hydroxylamine groups is 2. The molecule has 1 fully saturated rings. The maximum atomic E-state index is 11.6. The Kier molecular flexibility index (Phi) is 3.69. The maximum Gasteiger partial charge on any atom is 0.263 e. The van der Waals surface area contributed by atoms with Crippen LogP contribution in [0.5, 0.6) is 0 Å². The van der Waals surface area contributed by atoms with E-state index in [0.717, 1.165) is 12.8 Å². The van der Waals surface area contributed by atoms with Gasteiger partial charge in [0.15, 0.2) is 0 Å². The minimum atomic E-state index is -0.432. The van der Waals surface area contributed by atoms with E-state index in [1.807, 2.05) is 13.8 Å². The first-order valence-corrected chi connectivity index (χ1v) is 4.83. The van der Waals surface area contributed by atoms with Crippen LogP contribution in [0.3, 0.4) is 0 Å². The molecule has 2 N–H and O–H groups in total. The lowest BCUT2D eigenvalue weighted by atomic mass is 10.0. The Bertz CT molecular complexity index is 176. The lowest BCUT2D eigenvalue weighted by Crippen LogP contribution is -2.48. The first-order valence-electron chi connectivity index (χ1n) is 4.83. The Morgan fingerprint density at radius 2 is 2.15 bits per heavy atom. The molecule has 0 radical (unpaired) electrons. The Morgan fingerprint density at radius 1 is 1.46 bits per heavy atom. The number of hydrogen-bond acceptors (Lipinski definition) is 3. The molecule has 1 rings (SSSR count). The molecule has 13 heavy (non-hydrogen) atoms. The topological polar surface area (TPSA) is 55.6 Å². The van der Waals surface area contributed by atoms with Crippen LogP contribution in [0.15, 0.2) is 0 Å². The van der Waals surface area contributed by atoms with E-state index in [4.69, 9.17) is 10.6 Å². The standard InChI is InChI=1S/C9H18N2O2/c1-7(2)8(10)9(12)11-5-3-4-6-13-11/h7-8H,3-6,10H2,1-2H3. The van der Waals surface area contributed by atoms with Crippen molar-refractivity contribution >= 4 is 5.91 Å². The molecule has 0 aromatic rings. The molecule has 1 atom stereocenters. The van der Waals surface area contributed by atoms with Crippen molar-refractivity contribution in [3.63, 3.8) is 0 Å². The highest BCUT2D eigenvalue weighted by Crippen LogP contribution is 2.10. The summed E-state index contributed by atoms with van der Waals surface area (Å²) in [4.78, 5) is 16.8. The molecule has 76 valence electrons. The Balaban J connectivity index is 2.45. The molecule has 4 heteroatoms. The first kappa shape index (κ1) is 10.5. The van der Waals surface area contributed by atoms with Gasteiger partial charge < -0.3 is 5.73 Å². The van der Waals surface area contributed by atoms with Gasteiger partial charge in [0.1, 0.15) is 0 Å². The average Bonchev–Trinajstić information content (AvgIpc) is 2.17. The van der Waals surface area contributed by atoms with Crippen LogP contribution in [0.2, 0.25) is 0 Å². The highest BCUT2D eigenvalue weighted by atomic mass is 16.7. The fourth-order valence-electron chi connectivity index (χ4n) is 1.22. The van der Waals surface area contributed by atoms with Crippen LogP contribution in [0, 0.1) is 5.92 Å². The number of nitrogens with two attached hydrogens (primary N) is 1.